The standard InChI is InChI=1S/C17H21F3N2O5S/c18-17(19,20)27-14-2-1-3-15(12-14)28(24,25)22-6-4-13(5-7-22)16(23)21-8-10-26-11-9-21/h1-3,12-13H,4-11H2. The average molecular weight is 422 g/mol. The van der Waals surface area contributed by atoms with Crippen LogP contribution in [-0.4, -0.2) is 69.3 Å². The number of ether oxygens (including phenoxy) is 2. The summed E-state index contributed by atoms with van der Waals surface area (Å²) in [5.74, 6) is -0.851. The SMILES string of the molecule is O=C(C1CCN(S(=O)(=O)c2cccc(OC(F)(F)F)c2)CC1)N1CCOCC1. The van der Waals surface area contributed by atoms with Gasteiger partial charge in [0.1, 0.15) is 5.75 Å². The number of benzene rings is 1. The summed E-state index contributed by atoms with van der Waals surface area (Å²) < 4.78 is 72.9. The van der Waals surface area contributed by atoms with E-state index in [0.717, 1.165) is 12.1 Å². The van der Waals surface area contributed by atoms with Gasteiger partial charge in [0.2, 0.25) is 15.9 Å². The fourth-order valence-electron chi connectivity index (χ4n) is 3.37. The van der Waals surface area contributed by atoms with Crippen LogP contribution < -0.4 is 4.74 Å². The molecule has 2 heterocycles. The van der Waals surface area contributed by atoms with Gasteiger partial charge in [0.25, 0.3) is 0 Å². The molecular weight excluding hydrogens is 401 g/mol. The smallest absolute Gasteiger partial charge is 0.406 e. The topological polar surface area (TPSA) is 76.2 Å². The number of carbonyl (C=O) groups excluding carboxylic acids is 1. The molecule has 2 saturated heterocycles. The Hall–Kier alpha value is -1.85. The Morgan fingerprint density at radius 3 is 2.36 bits per heavy atom. The Labute approximate surface area is 161 Å². The van der Waals surface area contributed by atoms with Gasteiger partial charge in [-0.25, -0.2) is 8.42 Å². The minimum Gasteiger partial charge on any atom is -0.406 e. The van der Waals surface area contributed by atoms with E-state index in [-0.39, 0.29) is 29.8 Å². The molecule has 0 radical (unpaired) electrons. The van der Waals surface area contributed by atoms with Crippen LogP contribution in [0.15, 0.2) is 29.2 Å². The summed E-state index contributed by atoms with van der Waals surface area (Å²) in [6, 6.07) is 4.32. The molecule has 0 bridgehead atoms. The Bertz CT molecular complexity index is 801. The van der Waals surface area contributed by atoms with Crippen molar-refractivity contribution in [3.8, 4) is 5.75 Å². The lowest BCUT2D eigenvalue weighted by atomic mass is 9.96. The summed E-state index contributed by atoms with van der Waals surface area (Å²) >= 11 is 0. The van der Waals surface area contributed by atoms with Crippen molar-refractivity contribution < 1.29 is 35.9 Å². The fourth-order valence-corrected chi connectivity index (χ4v) is 4.87. The summed E-state index contributed by atoms with van der Waals surface area (Å²) in [5.41, 5.74) is 0. The van der Waals surface area contributed by atoms with E-state index in [9.17, 15) is 26.4 Å². The number of halogens is 3. The molecule has 28 heavy (non-hydrogen) atoms. The molecule has 3 rings (SSSR count). The molecule has 2 aliphatic heterocycles. The van der Waals surface area contributed by atoms with Gasteiger partial charge in [-0.2, -0.15) is 4.31 Å². The molecule has 0 aromatic heterocycles. The van der Waals surface area contributed by atoms with Crippen LogP contribution in [-0.2, 0) is 19.6 Å². The summed E-state index contributed by atoms with van der Waals surface area (Å²) in [6.07, 6.45) is -4.16. The van der Waals surface area contributed by atoms with Crippen molar-refractivity contribution in [2.45, 2.75) is 24.1 Å². The number of alkyl halides is 3. The normalized spacial score (nSPS) is 20.2. The summed E-state index contributed by atoms with van der Waals surface area (Å²) in [5, 5.41) is 0. The Kier molecular flexibility index (Phi) is 6.15. The molecule has 0 atom stereocenters. The number of piperidine rings is 1. The van der Waals surface area contributed by atoms with Gasteiger partial charge in [-0.3, -0.25) is 4.79 Å². The number of hydrogen-bond donors (Lipinski definition) is 0. The molecule has 0 spiro atoms. The molecule has 1 amide bonds. The van der Waals surface area contributed by atoms with E-state index in [1.54, 1.807) is 4.90 Å². The molecule has 7 nitrogen and oxygen atoms in total. The third kappa shape index (κ3) is 4.95. The number of nitrogens with zero attached hydrogens (tertiary/aromatic N) is 2. The molecule has 0 saturated carbocycles. The number of sulfonamides is 1. The number of morpholine rings is 1. The minimum absolute atomic E-state index is 0.000854. The van der Waals surface area contributed by atoms with Gasteiger partial charge in [-0.1, -0.05) is 6.07 Å². The van der Waals surface area contributed by atoms with Crippen molar-refractivity contribution in [2.24, 2.45) is 5.92 Å². The van der Waals surface area contributed by atoms with E-state index in [1.807, 2.05) is 0 Å². The van der Waals surface area contributed by atoms with E-state index in [0.29, 0.717) is 39.1 Å². The maximum absolute atomic E-state index is 12.8. The Morgan fingerprint density at radius 1 is 1.11 bits per heavy atom. The van der Waals surface area contributed by atoms with E-state index in [4.69, 9.17) is 4.74 Å². The third-order valence-electron chi connectivity index (χ3n) is 4.80. The van der Waals surface area contributed by atoms with Crippen molar-refractivity contribution in [2.75, 3.05) is 39.4 Å². The van der Waals surface area contributed by atoms with Crippen LogP contribution in [0.5, 0.6) is 5.75 Å². The number of carbonyl (C=O) groups is 1. The van der Waals surface area contributed by atoms with Crippen LogP contribution in [0.2, 0.25) is 0 Å². The lowest BCUT2D eigenvalue weighted by Gasteiger charge is -2.35. The van der Waals surface area contributed by atoms with Gasteiger partial charge in [-0.15, -0.1) is 13.2 Å². The van der Waals surface area contributed by atoms with Crippen molar-refractivity contribution in [1.29, 1.82) is 0 Å². The van der Waals surface area contributed by atoms with Crippen LogP contribution >= 0.6 is 0 Å². The highest BCUT2D eigenvalue weighted by Gasteiger charge is 2.35. The maximum atomic E-state index is 12.8. The Balaban J connectivity index is 1.64. The van der Waals surface area contributed by atoms with Crippen LogP contribution in [0.3, 0.4) is 0 Å². The Morgan fingerprint density at radius 2 is 1.75 bits per heavy atom. The molecule has 11 heteroatoms. The first kappa shape index (κ1) is 20.9. The van der Waals surface area contributed by atoms with Gasteiger partial charge < -0.3 is 14.4 Å². The summed E-state index contributed by atoms with van der Waals surface area (Å²) in [4.78, 5) is 14.0. The van der Waals surface area contributed by atoms with E-state index >= 15 is 0 Å². The monoisotopic (exact) mass is 422 g/mol. The highest BCUT2D eigenvalue weighted by atomic mass is 32.2. The summed E-state index contributed by atoms with van der Waals surface area (Å²) in [6.45, 7) is 2.32. The first-order chi connectivity index (χ1) is 13.2. The largest absolute Gasteiger partial charge is 0.573 e. The van der Waals surface area contributed by atoms with Crippen molar-refractivity contribution in [3.63, 3.8) is 0 Å². The zero-order valence-electron chi connectivity index (χ0n) is 15.0. The van der Waals surface area contributed by atoms with Gasteiger partial charge in [0.15, 0.2) is 0 Å². The minimum atomic E-state index is -4.90. The molecule has 1 aromatic carbocycles. The maximum Gasteiger partial charge on any atom is 0.573 e. The van der Waals surface area contributed by atoms with Gasteiger partial charge in [0.05, 0.1) is 18.1 Å². The second-order valence-electron chi connectivity index (χ2n) is 6.64. The molecule has 2 fully saturated rings. The average Bonchev–Trinajstić information content (AvgIpc) is 2.67. The predicted molar refractivity (Wildman–Crippen MR) is 92.0 cm³/mol. The van der Waals surface area contributed by atoms with Gasteiger partial charge in [0, 0.05) is 38.2 Å². The van der Waals surface area contributed by atoms with Gasteiger partial charge >= 0.3 is 6.36 Å². The van der Waals surface area contributed by atoms with Crippen LogP contribution in [0.4, 0.5) is 13.2 Å². The predicted octanol–water partition coefficient (Wildman–Crippen LogP) is 1.84. The second-order valence-corrected chi connectivity index (χ2v) is 8.58. The van der Waals surface area contributed by atoms with Crippen molar-refractivity contribution in [1.82, 2.24) is 9.21 Å². The fraction of sp³-hybridized carbons (Fsp3) is 0.588. The number of amides is 1. The quantitative estimate of drug-likeness (QED) is 0.740. The number of rotatable bonds is 4. The highest BCUT2D eigenvalue weighted by Crippen LogP contribution is 2.29. The molecule has 0 aliphatic carbocycles. The third-order valence-corrected chi connectivity index (χ3v) is 6.70. The van der Waals surface area contributed by atoms with Crippen LogP contribution in [0.1, 0.15) is 12.8 Å². The van der Waals surface area contributed by atoms with Crippen molar-refractivity contribution >= 4 is 15.9 Å². The van der Waals surface area contributed by atoms with Crippen LogP contribution in [0, 0.1) is 5.92 Å². The zero-order chi connectivity index (χ0) is 20.4. The molecule has 0 unspecified atom stereocenters. The molecule has 0 N–H and O–H groups in total. The number of hydrogen-bond acceptors (Lipinski definition) is 5. The van der Waals surface area contributed by atoms with Crippen molar-refractivity contribution in [3.05, 3.63) is 24.3 Å². The second kappa shape index (κ2) is 8.26. The lowest BCUT2D eigenvalue weighted by molar-refractivity contribution is -0.274. The molecule has 2 aliphatic rings. The van der Waals surface area contributed by atoms with Gasteiger partial charge in [-0.05, 0) is 25.0 Å². The summed E-state index contributed by atoms with van der Waals surface area (Å²) in [7, 11) is -3.97. The van der Waals surface area contributed by atoms with E-state index in [2.05, 4.69) is 4.74 Å². The zero-order valence-corrected chi connectivity index (χ0v) is 15.8. The molecule has 156 valence electrons. The van der Waals surface area contributed by atoms with E-state index in [1.165, 1.54) is 16.4 Å². The molecule has 1 aromatic rings. The lowest BCUT2D eigenvalue weighted by Crippen LogP contribution is -2.47. The van der Waals surface area contributed by atoms with Crippen LogP contribution in [0.25, 0.3) is 0 Å². The first-order valence-corrected chi connectivity index (χ1v) is 10.3. The first-order valence-electron chi connectivity index (χ1n) is 8.89. The molecular formula is C17H21F3N2O5S. The van der Waals surface area contributed by atoms with E-state index < -0.39 is 22.1 Å². The highest BCUT2D eigenvalue weighted by molar-refractivity contribution is 7.89.